The van der Waals surface area contributed by atoms with E-state index in [0.717, 1.165) is 12.8 Å². The minimum atomic E-state index is -0.422. The van der Waals surface area contributed by atoms with E-state index in [2.05, 4.69) is 15.3 Å². The normalized spacial score (nSPS) is 22.1. The quantitative estimate of drug-likeness (QED) is 0.622. The highest BCUT2D eigenvalue weighted by Crippen LogP contribution is 2.38. The smallest absolute Gasteiger partial charge is 0.176 e. The van der Waals surface area contributed by atoms with Gasteiger partial charge in [0.15, 0.2) is 5.82 Å². The van der Waals surface area contributed by atoms with Gasteiger partial charge in [0.2, 0.25) is 0 Å². The average Bonchev–Trinajstić information content (AvgIpc) is 2.43. The van der Waals surface area contributed by atoms with Gasteiger partial charge < -0.3 is 0 Å². The molecule has 1 aromatic rings. The number of hydroxylamine groups is 2. The van der Waals surface area contributed by atoms with Gasteiger partial charge in [-0.1, -0.05) is 16.8 Å². The number of piperidine rings is 1. The van der Waals surface area contributed by atoms with Gasteiger partial charge in [-0.25, -0.2) is 4.98 Å². The summed E-state index contributed by atoms with van der Waals surface area (Å²) < 4.78 is 0. The fraction of sp³-hybridized carbons (Fsp3) is 0.667. The van der Waals surface area contributed by atoms with Gasteiger partial charge in [0.05, 0.1) is 11.1 Å². The Morgan fingerprint density at radius 3 is 2.36 bits per heavy atom. The SMILES string of the molecule is CN(N=Nc1ccc(Cl)cn1)C1CC(C)(C)N([O])C(C)(C)C1. The molecular formula is C15H23ClN5O. The number of hydrogen-bond donors (Lipinski definition) is 0. The molecule has 0 spiro atoms. The highest BCUT2D eigenvalue weighted by Gasteiger charge is 2.47. The van der Waals surface area contributed by atoms with Crippen LogP contribution in [0.5, 0.6) is 0 Å². The molecule has 1 fully saturated rings. The van der Waals surface area contributed by atoms with E-state index in [1.807, 2.05) is 39.8 Å². The summed E-state index contributed by atoms with van der Waals surface area (Å²) in [4.78, 5) is 4.09. The van der Waals surface area contributed by atoms with Crippen LogP contribution in [-0.4, -0.2) is 39.2 Å². The van der Waals surface area contributed by atoms with Crippen LogP contribution >= 0.6 is 11.6 Å². The van der Waals surface area contributed by atoms with Gasteiger partial charge in [-0.15, -0.1) is 15.4 Å². The van der Waals surface area contributed by atoms with Crippen molar-refractivity contribution >= 4 is 17.4 Å². The Balaban J connectivity index is 2.09. The minimum absolute atomic E-state index is 0.159. The molecule has 1 radical (unpaired) electrons. The molecule has 0 aliphatic carbocycles. The third kappa shape index (κ3) is 3.74. The molecule has 0 amide bonds. The Bertz CT molecular complexity index is 525. The third-order valence-corrected chi connectivity index (χ3v) is 4.32. The number of rotatable bonds is 3. The lowest BCUT2D eigenvalue weighted by molar-refractivity contribution is -0.294. The summed E-state index contributed by atoms with van der Waals surface area (Å²) in [6.45, 7) is 7.89. The number of aromatic nitrogens is 1. The van der Waals surface area contributed by atoms with Crippen molar-refractivity contribution in [1.29, 1.82) is 0 Å². The van der Waals surface area contributed by atoms with E-state index in [9.17, 15) is 5.21 Å². The van der Waals surface area contributed by atoms with Crippen molar-refractivity contribution in [2.45, 2.75) is 57.7 Å². The first-order valence-corrected chi connectivity index (χ1v) is 7.73. The zero-order valence-corrected chi connectivity index (χ0v) is 14.5. The Hall–Kier alpha value is -1.24. The van der Waals surface area contributed by atoms with Crippen molar-refractivity contribution in [1.82, 2.24) is 15.1 Å². The molecule has 2 heterocycles. The van der Waals surface area contributed by atoms with Gasteiger partial charge in [-0.05, 0) is 52.7 Å². The zero-order chi connectivity index (χ0) is 16.5. The fourth-order valence-electron chi connectivity index (χ4n) is 3.09. The average molecular weight is 325 g/mol. The molecular weight excluding hydrogens is 302 g/mol. The highest BCUT2D eigenvalue weighted by atomic mass is 35.5. The van der Waals surface area contributed by atoms with E-state index in [4.69, 9.17) is 11.6 Å². The third-order valence-electron chi connectivity index (χ3n) is 4.10. The van der Waals surface area contributed by atoms with Gasteiger partial charge >= 0.3 is 0 Å². The molecule has 1 saturated heterocycles. The summed E-state index contributed by atoms with van der Waals surface area (Å²) in [6.07, 6.45) is 3.02. The van der Waals surface area contributed by atoms with Gasteiger partial charge in [-0.3, -0.25) is 5.01 Å². The van der Waals surface area contributed by atoms with Crippen LogP contribution in [0.15, 0.2) is 28.7 Å². The van der Waals surface area contributed by atoms with Crippen molar-refractivity contribution in [3.05, 3.63) is 23.4 Å². The maximum absolute atomic E-state index is 12.4. The molecule has 0 bridgehead atoms. The number of halogens is 1. The minimum Gasteiger partial charge on any atom is -0.278 e. The van der Waals surface area contributed by atoms with Crippen molar-refractivity contribution in [3.8, 4) is 0 Å². The van der Waals surface area contributed by atoms with E-state index in [1.165, 1.54) is 11.3 Å². The molecule has 1 aliphatic heterocycles. The molecule has 0 aromatic carbocycles. The van der Waals surface area contributed by atoms with Crippen LogP contribution in [0.1, 0.15) is 40.5 Å². The van der Waals surface area contributed by atoms with Crippen molar-refractivity contribution < 1.29 is 5.21 Å². The zero-order valence-electron chi connectivity index (χ0n) is 13.7. The first kappa shape index (κ1) is 17.1. The van der Waals surface area contributed by atoms with E-state index >= 15 is 0 Å². The van der Waals surface area contributed by atoms with Crippen molar-refractivity contribution in [2.24, 2.45) is 10.3 Å². The highest BCUT2D eigenvalue weighted by molar-refractivity contribution is 6.30. The molecule has 0 unspecified atom stereocenters. The lowest BCUT2D eigenvalue weighted by Crippen LogP contribution is -2.61. The predicted octanol–water partition coefficient (Wildman–Crippen LogP) is 4.03. The summed E-state index contributed by atoms with van der Waals surface area (Å²) in [7, 11) is 1.89. The first-order valence-electron chi connectivity index (χ1n) is 7.35. The summed E-state index contributed by atoms with van der Waals surface area (Å²) in [5.74, 6) is 0.510. The van der Waals surface area contributed by atoms with E-state index in [-0.39, 0.29) is 6.04 Å². The summed E-state index contributed by atoms with van der Waals surface area (Å²) in [6, 6.07) is 3.60. The second kappa shape index (κ2) is 6.10. The molecule has 2 rings (SSSR count). The first-order chi connectivity index (χ1) is 10.1. The lowest BCUT2D eigenvalue weighted by atomic mass is 9.79. The van der Waals surface area contributed by atoms with Crippen LogP contribution in [0.25, 0.3) is 0 Å². The second-order valence-electron chi connectivity index (χ2n) is 7.08. The van der Waals surface area contributed by atoms with Crippen molar-refractivity contribution in [2.75, 3.05) is 7.05 Å². The van der Waals surface area contributed by atoms with E-state index in [0.29, 0.717) is 10.8 Å². The van der Waals surface area contributed by atoms with Crippen LogP contribution in [0.3, 0.4) is 0 Å². The standard InChI is InChI=1S/C15H23ClN5O/c1-14(2)8-12(9-15(3,4)21(14)22)20(5)19-18-13-7-6-11(16)10-17-13/h6-7,10,12H,8-9H2,1-5H3. The van der Waals surface area contributed by atoms with E-state index in [1.54, 1.807) is 12.1 Å². The molecule has 0 N–H and O–H groups in total. The largest absolute Gasteiger partial charge is 0.278 e. The van der Waals surface area contributed by atoms with Crippen LogP contribution in [0.4, 0.5) is 5.82 Å². The molecule has 1 aromatic heterocycles. The topological polar surface area (TPSA) is 64.0 Å². The van der Waals surface area contributed by atoms with Crippen LogP contribution in [-0.2, 0) is 5.21 Å². The summed E-state index contributed by atoms with van der Waals surface area (Å²) in [5.41, 5.74) is -0.844. The molecule has 22 heavy (non-hydrogen) atoms. The second-order valence-corrected chi connectivity index (χ2v) is 7.52. The van der Waals surface area contributed by atoms with E-state index < -0.39 is 11.1 Å². The Morgan fingerprint density at radius 1 is 1.27 bits per heavy atom. The molecule has 0 saturated carbocycles. The monoisotopic (exact) mass is 324 g/mol. The van der Waals surface area contributed by atoms with Crippen LogP contribution in [0.2, 0.25) is 5.02 Å². The Labute approximate surface area is 136 Å². The summed E-state index contributed by atoms with van der Waals surface area (Å²) >= 11 is 5.79. The Morgan fingerprint density at radius 2 is 1.86 bits per heavy atom. The van der Waals surface area contributed by atoms with Gasteiger partial charge in [-0.2, -0.15) is 0 Å². The van der Waals surface area contributed by atoms with Gasteiger partial charge in [0.1, 0.15) is 0 Å². The maximum atomic E-state index is 12.4. The maximum Gasteiger partial charge on any atom is 0.176 e. The predicted molar refractivity (Wildman–Crippen MR) is 85.2 cm³/mol. The Kier molecular flexibility index (Phi) is 4.75. The number of nitrogens with zero attached hydrogens (tertiary/aromatic N) is 5. The fourth-order valence-corrected chi connectivity index (χ4v) is 3.20. The van der Waals surface area contributed by atoms with Gasteiger partial charge in [0, 0.05) is 24.3 Å². The van der Waals surface area contributed by atoms with Crippen LogP contribution in [0, 0.1) is 0 Å². The van der Waals surface area contributed by atoms with Gasteiger partial charge in [0.25, 0.3) is 0 Å². The number of hydrogen-bond acceptors (Lipinski definition) is 4. The summed E-state index contributed by atoms with van der Waals surface area (Å²) in [5, 5.41) is 24.3. The number of pyridine rings is 1. The van der Waals surface area contributed by atoms with Crippen molar-refractivity contribution in [3.63, 3.8) is 0 Å². The lowest BCUT2D eigenvalue weighted by Gasteiger charge is -2.51. The van der Waals surface area contributed by atoms with Crippen LogP contribution < -0.4 is 0 Å². The molecule has 0 atom stereocenters. The molecule has 6 nitrogen and oxygen atoms in total. The molecule has 1 aliphatic rings. The molecule has 121 valence electrons. The molecule has 7 heteroatoms.